The van der Waals surface area contributed by atoms with E-state index < -0.39 is 0 Å². The molecule has 0 heterocycles. The van der Waals surface area contributed by atoms with Crippen LogP contribution in [0.25, 0.3) is 0 Å². The monoisotopic (exact) mass is 222 g/mol. The summed E-state index contributed by atoms with van der Waals surface area (Å²) in [6, 6.07) is 7.65. The maximum atomic E-state index is 5.56. The van der Waals surface area contributed by atoms with Gasteiger partial charge in [-0.2, -0.15) is 0 Å². The Kier molecular flexibility index (Phi) is 6.11. The first-order valence-electron chi connectivity index (χ1n) is 5.65. The number of rotatable bonds is 8. The highest BCUT2D eigenvalue weighted by molar-refractivity contribution is 5.31. The maximum Gasteiger partial charge on any atom is 0.137 e. The second-order valence-electron chi connectivity index (χ2n) is 3.41. The molecule has 1 rings (SSSR count). The number of likely N-dealkylation sites (N-methyl/N-ethyl adjacent to an activating group) is 1. The van der Waals surface area contributed by atoms with Crippen LogP contribution in [0.5, 0.6) is 11.5 Å². The zero-order valence-electron chi connectivity index (χ0n) is 9.82. The summed E-state index contributed by atoms with van der Waals surface area (Å²) in [6.07, 6.45) is 1.73. The van der Waals surface area contributed by atoms with Crippen molar-refractivity contribution in [3.8, 4) is 11.5 Å². The smallest absolute Gasteiger partial charge is 0.137 e. The molecule has 0 radical (unpaired) electrons. The number of ether oxygens (including phenoxy) is 2. The molecule has 1 aromatic rings. The van der Waals surface area contributed by atoms with Gasteiger partial charge in [0.15, 0.2) is 0 Å². The summed E-state index contributed by atoms with van der Waals surface area (Å²) < 4.78 is 10.9. The minimum Gasteiger partial charge on any atom is -0.490 e. The Hall–Kier alpha value is -1.48. The molecule has 88 valence electrons. The number of benzene rings is 1. The molecule has 0 atom stereocenters. The van der Waals surface area contributed by atoms with E-state index in [0.29, 0.717) is 6.61 Å². The average molecular weight is 222 g/mol. The zero-order valence-corrected chi connectivity index (χ0v) is 9.82. The standard InChI is InChI=1S/C13H19NO2/c1-3-10-15-12-5-7-13(8-6-12)16-11-9-14-4-2/h3,5-8,14H,1,4,9-11H2,2H3/p+1. The van der Waals surface area contributed by atoms with Gasteiger partial charge in [-0.15, -0.1) is 0 Å². The van der Waals surface area contributed by atoms with Crippen molar-refractivity contribution in [2.24, 2.45) is 0 Å². The molecule has 3 heteroatoms. The second-order valence-corrected chi connectivity index (χ2v) is 3.41. The van der Waals surface area contributed by atoms with Crippen molar-refractivity contribution >= 4 is 0 Å². The minimum atomic E-state index is 0.533. The van der Waals surface area contributed by atoms with E-state index in [-0.39, 0.29) is 0 Å². The number of hydrogen-bond donors (Lipinski definition) is 1. The summed E-state index contributed by atoms with van der Waals surface area (Å²) in [5.74, 6) is 1.72. The number of quaternary nitrogens is 1. The summed E-state index contributed by atoms with van der Waals surface area (Å²) >= 11 is 0. The average Bonchev–Trinajstić information content (AvgIpc) is 2.33. The third-order valence-electron chi connectivity index (χ3n) is 2.07. The Morgan fingerprint density at radius 1 is 1.19 bits per heavy atom. The van der Waals surface area contributed by atoms with Crippen LogP contribution in [0.15, 0.2) is 36.9 Å². The fourth-order valence-corrected chi connectivity index (χ4v) is 1.25. The molecule has 1 aromatic carbocycles. The third kappa shape index (κ3) is 4.84. The Labute approximate surface area is 97.1 Å². The molecule has 0 aromatic heterocycles. The van der Waals surface area contributed by atoms with E-state index in [2.05, 4.69) is 18.8 Å². The van der Waals surface area contributed by atoms with Gasteiger partial charge >= 0.3 is 0 Å². The van der Waals surface area contributed by atoms with Crippen LogP contribution < -0.4 is 14.8 Å². The Bertz CT molecular complexity index is 295. The number of hydrogen-bond acceptors (Lipinski definition) is 2. The maximum absolute atomic E-state index is 5.56. The molecule has 0 aliphatic carbocycles. The van der Waals surface area contributed by atoms with Crippen LogP contribution in [0.1, 0.15) is 6.92 Å². The molecule has 0 amide bonds. The topological polar surface area (TPSA) is 35.1 Å². The van der Waals surface area contributed by atoms with Gasteiger partial charge in [0.1, 0.15) is 31.3 Å². The molecule has 0 saturated carbocycles. The Morgan fingerprint density at radius 3 is 2.38 bits per heavy atom. The van der Waals surface area contributed by atoms with Crippen LogP contribution in [-0.2, 0) is 0 Å². The van der Waals surface area contributed by atoms with Gasteiger partial charge in [0, 0.05) is 0 Å². The highest BCUT2D eigenvalue weighted by atomic mass is 16.5. The van der Waals surface area contributed by atoms with E-state index in [1.165, 1.54) is 0 Å². The van der Waals surface area contributed by atoms with Gasteiger partial charge in [-0.05, 0) is 31.2 Å². The Morgan fingerprint density at radius 2 is 1.81 bits per heavy atom. The van der Waals surface area contributed by atoms with Gasteiger partial charge in [-0.1, -0.05) is 12.7 Å². The van der Waals surface area contributed by atoms with E-state index in [9.17, 15) is 0 Å². The SMILES string of the molecule is C=CCOc1ccc(OCC[NH2+]CC)cc1. The zero-order chi connectivity index (χ0) is 11.6. The molecule has 0 fully saturated rings. The second kappa shape index (κ2) is 7.77. The lowest BCUT2D eigenvalue weighted by Gasteiger charge is -2.06. The molecule has 0 spiro atoms. The van der Waals surface area contributed by atoms with E-state index in [1.54, 1.807) is 6.08 Å². The molecule has 2 N–H and O–H groups in total. The third-order valence-corrected chi connectivity index (χ3v) is 2.07. The quantitative estimate of drug-likeness (QED) is 0.530. The lowest BCUT2D eigenvalue weighted by molar-refractivity contribution is -0.652. The predicted molar refractivity (Wildman–Crippen MR) is 65.0 cm³/mol. The summed E-state index contributed by atoms with van der Waals surface area (Å²) in [7, 11) is 0. The van der Waals surface area contributed by atoms with Gasteiger partial charge in [0.05, 0.1) is 6.54 Å². The van der Waals surface area contributed by atoms with Gasteiger partial charge in [-0.3, -0.25) is 0 Å². The number of nitrogens with two attached hydrogens (primary N) is 1. The van der Waals surface area contributed by atoms with Crippen LogP contribution in [0.2, 0.25) is 0 Å². The minimum absolute atomic E-state index is 0.533. The highest BCUT2D eigenvalue weighted by Crippen LogP contribution is 2.17. The molecular weight excluding hydrogens is 202 g/mol. The van der Waals surface area contributed by atoms with Crippen LogP contribution in [0, 0.1) is 0 Å². The summed E-state index contributed by atoms with van der Waals surface area (Å²) in [4.78, 5) is 0. The molecule has 16 heavy (non-hydrogen) atoms. The van der Waals surface area contributed by atoms with Crippen LogP contribution in [-0.4, -0.2) is 26.3 Å². The molecular formula is C13H20NO2+. The van der Waals surface area contributed by atoms with E-state index >= 15 is 0 Å². The fourth-order valence-electron chi connectivity index (χ4n) is 1.25. The highest BCUT2D eigenvalue weighted by Gasteiger charge is 1.96. The normalized spacial score (nSPS) is 9.81. The largest absolute Gasteiger partial charge is 0.490 e. The first kappa shape index (κ1) is 12.6. The van der Waals surface area contributed by atoms with Gasteiger partial charge in [0.2, 0.25) is 0 Å². The first-order valence-corrected chi connectivity index (χ1v) is 5.65. The fraction of sp³-hybridized carbons (Fsp3) is 0.385. The molecule has 0 saturated heterocycles. The van der Waals surface area contributed by atoms with Crippen molar-refractivity contribution < 1.29 is 14.8 Å². The van der Waals surface area contributed by atoms with Crippen LogP contribution >= 0.6 is 0 Å². The van der Waals surface area contributed by atoms with E-state index in [4.69, 9.17) is 9.47 Å². The van der Waals surface area contributed by atoms with Crippen LogP contribution in [0.3, 0.4) is 0 Å². The van der Waals surface area contributed by atoms with E-state index in [1.807, 2.05) is 24.3 Å². The van der Waals surface area contributed by atoms with Crippen molar-refractivity contribution in [2.45, 2.75) is 6.92 Å². The van der Waals surface area contributed by atoms with Crippen molar-refractivity contribution in [3.05, 3.63) is 36.9 Å². The molecule has 0 unspecified atom stereocenters. The molecule has 0 bridgehead atoms. The van der Waals surface area contributed by atoms with E-state index in [0.717, 1.165) is 31.2 Å². The van der Waals surface area contributed by atoms with Crippen molar-refractivity contribution in [3.63, 3.8) is 0 Å². The van der Waals surface area contributed by atoms with Crippen molar-refractivity contribution in [2.75, 3.05) is 26.3 Å². The van der Waals surface area contributed by atoms with Gasteiger partial charge < -0.3 is 14.8 Å². The van der Waals surface area contributed by atoms with Crippen LogP contribution in [0.4, 0.5) is 0 Å². The Balaban J connectivity index is 2.30. The molecule has 0 aliphatic heterocycles. The van der Waals surface area contributed by atoms with Gasteiger partial charge in [0.25, 0.3) is 0 Å². The van der Waals surface area contributed by atoms with Gasteiger partial charge in [-0.25, -0.2) is 0 Å². The summed E-state index contributed by atoms with van der Waals surface area (Å²) in [6.45, 7) is 9.09. The molecule has 3 nitrogen and oxygen atoms in total. The predicted octanol–water partition coefficient (Wildman–Crippen LogP) is 1.21. The molecule has 0 aliphatic rings. The summed E-state index contributed by atoms with van der Waals surface area (Å²) in [5, 5.41) is 2.21. The lowest BCUT2D eigenvalue weighted by Crippen LogP contribution is -2.84. The van der Waals surface area contributed by atoms with Crippen molar-refractivity contribution in [1.82, 2.24) is 0 Å². The first-order chi connectivity index (χ1) is 7.86. The lowest BCUT2D eigenvalue weighted by atomic mass is 10.3. The van der Waals surface area contributed by atoms with Crippen molar-refractivity contribution in [1.29, 1.82) is 0 Å². The summed E-state index contributed by atoms with van der Waals surface area (Å²) in [5.41, 5.74) is 0.